The zero-order valence-electron chi connectivity index (χ0n) is 15.9. The van der Waals surface area contributed by atoms with E-state index < -0.39 is 5.91 Å². The van der Waals surface area contributed by atoms with Crippen LogP contribution in [-0.2, 0) is 4.79 Å². The van der Waals surface area contributed by atoms with Crippen molar-refractivity contribution in [3.05, 3.63) is 72.2 Å². The second-order valence-electron chi connectivity index (χ2n) is 6.26. The standard InChI is InChI=1S/C21H19N5O3/c1-13(27)15-6-8-16(9-7-15)25-20-11-19(22-12-23-20)21(29)26-18-5-3-4-17(10-18)24-14(2)28/h3-12H,1-2H3,(H,24,28)(H,26,29)(H,22,23,25). The van der Waals surface area contributed by atoms with E-state index >= 15 is 0 Å². The van der Waals surface area contributed by atoms with Crippen molar-refractivity contribution < 1.29 is 14.4 Å². The number of nitrogens with one attached hydrogen (secondary N) is 3. The number of amides is 2. The van der Waals surface area contributed by atoms with Crippen LogP contribution in [0.2, 0.25) is 0 Å². The second kappa shape index (κ2) is 8.75. The van der Waals surface area contributed by atoms with E-state index in [9.17, 15) is 14.4 Å². The van der Waals surface area contributed by atoms with Gasteiger partial charge in [0.25, 0.3) is 5.91 Å². The van der Waals surface area contributed by atoms with E-state index in [1.54, 1.807) is 48.5 Å². The predicted molar refractivity (Wildman–Crippen MR) is 110 cm³/mol. The van der Waals surface area contributed by atoms with Crippen molar-refractivity contribution in [2.75, 3.05) is 16.0 Å². The fourth-order valence-electron chi connectivity index (χ4n) is 2.56. The maximum atomic E-state index is 12.5. The number of hydrogen-bond acceptors (Lipinski definition) is 6. The summed E-state index contributed by atoms with van der Waals surface area (Å²) in [5.41, 5.74) is 2.61. The highest BCUT2D eigenvalue weighted by Gasteiger charge is 2.10. The predicted octanol–water partition coefficient (Wildman–Crippen LogP) is 3.63. The molecule has 2 amide bonds. The Kier molecular flexibility index (Phi) is 5.94. The molecule has 0 spiro atoms. The summed E-state index contributed by atoms with van der Waals surface area (Å²) >= 11 is 0. The van der Waals surface area contributed by atoms with Gasteiger partial charge in [-0.3, -0.25) is 14.4 Å². The molecule has 8 nitrogen and oxygen atoms in total. The van der Waals surface area contributed by atoms with Crippen LogP contribution >= 0.6 is 0 Å². The van der Waals surface area contributed by atoms with Crippen LogP contribution in [0.15, 0.2) is 60.9 Å². The van der Waals surface area contributed by atoms with Gasteiger partial charge in [0.1, 0.15) is 17.8 Å². The molecule has 0 saturated carbocycles. The molecule has 0 atom stereocenters. The lowest BCUT2D eigenvalue weighted by atomic mass is 10.1. The van der Waals surface area contributed by atoms with Crippen LogP contribution in [0.5, 0.6) is 0 Å². The molecule has 3 aromatic rings. The molecule has 0 bridgehead atoms. The maximum absolute atomic E-state index is 12.5. The second-order valence-corrected chi connectivity index (χ2v) is 6.26. The van der Waals surface area contributed by atoms with Crippen molar-refractivity contribution in [1.82, 2.24) is 9.97 Å². The van der Waals surface area contributed by atoms with E-state index in [0.717, 1.165) is 5.69 Å². The first-order valence-corrected chi connectivity index (χ1v) is 8.80. The van der Waals surface area contributed by atoms with Crippen LogP contribution in [0.1, 0.15) is 34.7 Å². The highest BCUT2D eigenvalue weighted by Crippen LogP contribution is 2.18. The SMILES string of the molecule is CC(=O)Nc1cccc(NC(=O)c2cc(Nc3ccc(C(C)=O)cc3)ncn2)c1. The zero-order chi connectivity index (χ0) is 20.8. The summed E-state index contributed by atoms with van der Waals surface area (Å²) in [4.78, 5) is 43.2. The van der Waals surface area contributed by atoms with Gasteiger partial charge < -0.3 is 16.0 Å². The molecule has 1 heterocycles. The van der Waals surface area contributed by atoms with Crippen LogP contribution in [0.3, 0.4) is 0 Å². The summed E-state index contributed by atoms with van der Waals surface area (Å²) in [5.74, 6) is -0.188. The summed E-state index contributed by atoms with van der Waals surface area (Å²) in [5, 5.41) is 8.47. The van der Waals surface area contributed by atoms with E-state index in [0.29, 0.717) is 22.8 Å². The smallest absolute Gasteiger partial charge is 0.274 e. The van der Waals surface area contributed by atoms with Gasteiger partial charge in [-0.25, -0.2) is 9.97 Å². The van der Waals surface area contributed by atoms with Crippen molar-refractivity contribution >= 4 is 40.5 Å². The number of rotatable bonds is 6. The van der Waals surface area contributed by atoms with Crippen molar-refractivity contribution in [3.63, 3.8) is 0 Å². The molecule has 1 aromatic heterocycles. The quantitative estimate of drug-likeness (QED) is 0.555. The van der Waals surface area contributed by atoms with Crippen molar-refractivity contribution in [3.8, 4) is 0 Å². The Labute approximate surface area is 167 Å². The van der Waals surface area contributed by atoms with E-state index in [4.69, 9.17) is 0 Å². The van der Waals surface area contributed by atoms with Gasteiger partial charge in [-0.05, 0) is 49.4 Å². The van der Waals surface area contributed by atoms with Crippen molar-refractivity contribution in [2.45, 2.75) is 13.8 Å². The topological polar surface area (TPSA) is 113 Å². The summed E-state index contributed by atoms with van der Waals surface area (Å²) in [6.45, 7) is 2.91. The molecule has 8 heteroatoms. The molecule has 3 N–H and O–H groups in total. The third kappa shape index (κ3) is 5.46. The number of nitrogens with zero attached hydrogens (tertiary/aromatic N) is 2. The Morgan fingerprint density at radius 3 is 2.14 bits per heavy atom. The van der Waals surface area contributed by atoms with E-state index in [-0.39, 0.29) is 17.4 Å². The summed E-state index contributed by atoms with van der Waals surface area (Å²) < 4.78 is 0. The Balaban J connectivity index is 1.71. The highest BCUT2D eigenvalue weighted by atomic mass is 16.2. The molecule has 0 aliphatic heterocycles. The van der Waals surface area contributed by atoms with Gasteiger partial charge >= 0.3 is 0 Å². The van der Waals surface area contributed by atoms with Crippen LogP contribution in [0.25, 0.3) is 0 Å². The third-order valence-electron chi connectivity index (χ3n) is 3.90. The number of carbonyl (C=O) groups excluding carboxylic acids is 3. The molecule has 29 heavy (non-hydrogen) atoms. The number of ketones is 1. The monoisotopic (exact) mass is 389 g/mol. The van der Waals surface area contributed by atoms with Gasteiger partial charge in [-0.15, -0.1) is 0 Å². The van der Waals surface area contributed by atoms with E-state index in [1.807, 2.05) is 0 Å². The van der Waals surface area contributed by atoms with Gasteiger partial charge in [-0.1, -0.05) is 6.07 Å². The fourth-order valence-corrected chi connectivity index (χ4v) is 2.56. The molecule has 0 aliphatic carbocycles. The lowest BCUT2D eigenvalue weighted by Crippen LogP contribution is -2.14. The lowest BCUT2D eigenvalue weighted by molar-refractivity contribution is -0.114. The van der Waals surface area contributed by atoms with Crippen LogP contribution in [-0.4, -0.2) is 27.6 Å². The van der Waals surface area contributed by atoms with Gasteiger partial charge in [0.2, 0.25) is 5.91 Å². The average molecular weight is 389 g/mol. The first-order chi connectivity index (χ1) is 13.9. The largest absolute Gasteiger partial charge is 0.340 e. The lowest BCUT2D eigenvalue weighted by Gasteiger charge is -2.09. The highest BCUT2D eigenvalue weighted by molar-refractivity contribution is 6.03. The molecule has 3 rings (SSSR count). The fraction of sp³-hybridized carbons (Fsp3) is 0.0952. The molecule has 0 saturated heterocycles. The number of carbonyl (C=O) groups is 3. The minimum absolute atomic E-state index is 0.0138. The molecule has 146 valence electrons. The first-order valence-electron chi connectivity index (χ1n) is 8.80. The third-order valence-corrected chi connectivity index (χ3v) is 3.90. The Hall–Kier alpha value is -4.07. The number of anilines is 4. The van der Waals surface area contributed by atoms with Gasteiger partial charge in [0, 0.05) is 35.6 Å². The molecule has 0 aliphatic rings. The van der Waals surface area contributed by atoms with Gasteiger partial charge in [0.15, 0.2) is 5.78 Å². The molecule has 2 aromatic carbocycles. The Morgan fingerprint density at radius 2 is 1.48 bits per heavy atom. The summed E-state index contributed by atoms with van der Waals surface area (Å²) in [7, 11) is 0. The summed E-state index contributed by atoms with van der Waals surface area (Å²) in [6, 6.07) is 15.3. The number of aromatic nitrogens is 2. The van der Waals surface area contributed by atoms with E-state index in [2.05, 4.69) is 25.9 Å². The number of benzene rings is 2. The van der Waals surface area contributed by atoms with Crippen LogP contribution in [0.4, 0.5) is 22.9 Å². The number of hydrogen-bond donors (Lipinski definition) is 3. The van der Waals surface area contributed by atoms with Crippen LogP contribution < -0.4 is 16.0 Å². The van der Waals surface area contributed by atoms with Crippen LogP contribution in [0, 0.1) is 0 Å². The number of Topliss-reactive ketones (excluding diaryl/α,β-unsaturated/α-hetero) is 1. The normalized spacial score (nSPS) is 10.1. The van der Waals surface area contributed by atoms with E-state index in [1.165, 1.54) is 26.2 Å². The Morgan fingerprint density at radius 1 is 0.793 bits per heavy atom. The minimum atomic E-state index is -0.414. The average Bonchev–Trinajstić information content (AvgIpc) is 2.68. The van der Waals surface area contributed by atoms with Crippen molar-refractivity contribution in [2.24, 2.45) is 0 Å². The first kappa shape index (κ1) is 19.7. The summed E-state index contributed by atoms with van der Waals surface area (Å²) in [6.07, 6.45) is 1.29. The zero-order valence-corrected chi connectivity index (χ0v) is 15.9. The van der Waals surface area contributed by atoms with Gasteiger partial charge in [-0.2, -0.15) is 0 Å². The molecular formula is C21H19N5O3. The van der Waals surface area contributed by atoms with Crippen molar-refractivity contribution in [1.29, 1.82) is 0 Å². The molecule has 0 unspecified atom stereocenters. The molecular weight excluding hydrogens is 370 g/mol. The Bertz CT molecular complexity index is 1060. The maximum Gasteiger partial charge on any atom is 0.274 e. The molecule has 0 fully saturated rings. The minimum Gasteiger partial charge on any atom is -0.340 e. The van der Waals surface area contributed by atoms with Gasteiger partial charge in [0.05, 0.1) is 0 Å². The molecule has 0 radical (unpaired) electrons.